The summed E-state index contributed by atoms with van der Waals surface area (Å²) in [6.45, 7) is 3.72. The van der Waals surface area contributed by atoms with Gasteiger partial charge in [-0.3, -0.25) is 0 Å². The Morgan fingerprint density at radius 1 is 1.12 bits per heavy atom. The average Bonchev–Trinajstić information content (AvgIpc) is 3.17. The summed E-state index contributed by atoms with van der Waals surface area (Å²) in [7, 11) is 0. The van der Waals surface area contributed by atoms with Crippen molar-refractivity contribution in [2.75, 3.05) is 11.4 Å². The summed E-state index contributed by atoms with van der Waals surface area (Å²) in [5, 5.41) is 1.12. The van der Waals surface area contributed by atoms with Crippen molar-refractivity contribution in [3.8, 4) is 0 Å². The van der Waals surface area contributed by atoms with Gasteiger partial charge in [-0.25, -0.2) is 4.79 Å². The predicted octanol–water partition coefficient (Wildman–Crippen LogP) is 4.23. The van der Waals surface area contributed by atoms with E-state index >= 15 is 0 Å². The molecule has 0 saturated carbocycles. The molecule has 0 amide bonds. The fourth-order valence-corrected chi connectivity index (χ4v) is 3.80. The fourth-order valence-electron chi connectivity index (χ4n) is 3.80. The molecule has 2 aromatic carbocycles. The molecule has 5 rings (SSSR count). The summed E-state index contributed by atoms with van der Waals surface area (Å²) < 4.78 is 10.8. The second-order valence-corrected chi connectivity index (χ2v) is 6.57. The highest BCUT2D eigenvalue weighted by Crippen LogP contribution is 2.35. The lowest BCUT2D eigenvalue weighted by Crippen LogP contribution is -2.30. The largest absolute Gasteiger partial charge is 0.464 e. The predicted molar refractivity (Wildman–Crippen MR) is 91.2 cm³/mol. The number of hydrogen-bond donors (Lipinski definition) is 0. The van der Waals surface area contributed by atoms with Crippen molar-refractivity contribution in [3.63, 3.8) is 0 Å². The van der Waals surface area contributed by atoms with Gasteiger partial charge in [0.2, 0.25) is 0 Å². The second kappa shape index (κ2) is 4.87. The molecule has 4 nitrogen and oxygen atoms in total. The molecule has 3 aromatic rings. The molecular formula is C20H17NO3. The SMILES string of the molecule is CC1OC(=O)c2cc3c(cc21)CCN(c1ccc2occc2c1)C3. The molecule has 120 valence electrons. The van der Waals surface area contributed by atoms with Gasteiger partial charge in [0.05, 0.1) is 11.8 Å². The Morgan fingerprint density at radius 3 is 2.96 bits per heavy atom. The first kappa shape index (κ1) is 13.7. The molecule has 0 saturated heterocycles. The molecule has 0 fully saturated rings. The summed E-state index contributed by atoms with van der Waals surface area (Å²) >= 11 is 0. The van der Waals surface area contributed by atoms with Crippen molar-refractivity contribution in [3.05, 3.63) is 64.9 Å². The molecule has 1 unspecified atom stereocenters. The molecule has 3 heterocycles. The number of rotatable bonds is 1. The van der Waals surface area contributed by atoms with Crippen LogP contribution in [-0.4, -0.2) is 12.5 Å². The van der Waals surface area contributed by atoms with Crippen LogP contribution in [0, 0.1) is 0 Å². The third-order valence-electron chi connectivity index (χ3n) is 5.13. The van der Waals surface area contributed by atoms with E-state index in [-0.39, 0.29) is 12.1 Å². The number of carbonyl (C=O) groups is 1. The zero-order chi connectivity index (χ0) is 16.3. The minimum atomic E-state index is -0.197. The number of fused-ring (bicyclic) bond motifs is 3. The van der Waals surface area contributed by atoms with Gasteiger partial charge >= 0.3 is 5.97 Å². The van der Waals surface area contributed by atoms with Gasteiger partial charge < -0.3 is 14.1 Å². The van der Waals surface area contributed by atoms with E-state index in [0.717, 1.165) is 41.6 Å². The number of esters is 1. The van der Waals surface area contributed by atoms with Gasteiger partial charge in [-0.1, -0.05) is 6.07 Å². The van der Waals surface area contributed by atoms with E-state index in [1.165, 1.54) is 16.8 Å². The number of furan rings is 1. The molecule has 24 heavy (non-hydrogen) atoms. The number of ether oxygens (including phenoxy) is 1. The average molecular weight is 319 g/mol. The van der Waals surface area contributed by atoms with Gasteiger partial charge in [0, 0.05) is 29.7 Å². The van der Waals surface area contributed by atoms with E-state index in [2.05, 4.69) is 23.1 Å². The van der Waals surface area contributed by atoms with Crippen LogP contribution in [-0.2, 0) is 17.7 Å². The highest BCUT2D eigenvalue weighted by molar-refractivity contribution is 5.94. The van der Waals surface area contributed by atoms with Gasteiger partial charge in [0.15, 0.2) is 0 Å². The Bertz CT molecular complexity index is 972. The van der Waals surface area contributed by atoms with E-state index in [0.29, 0.717) is 0 Å². The Hall–Kier alpha value is -2.75. The molecule has 0 aliphatic carbocycles. The van der Waals surface area contributed by atoms with Crippen LogP contribution in [0.3, 0.4) is 0 Å². The maximum Gasteiger partial charge on any atom is 0.339 e. The van der Waals surface area contributed by atoms with Crippen molar-refractivity contribution in [2.45, 2.75) is 26.0 Å². The highest BCUT2D eigenvalue weighted by Gasteiger charge is 2.30. The van der Waals surface area contributed by atoms with Crippen LogP contribution < -0.4 is 4.90 Å². The van der Waals surface area contributed by atoms with Crippen LogP contribution in [0.4, 0.5) is 5.69 Å². The lowest BCUT2D eigenvalue weighted by molar-refractivity contribution is 0.0422. The normalized spacial score (nSPS) is 19.3. The van der Waals surface area contributed by atoms with E-state index in [9.17, 15) is 4.79 Å². The van der Waals surface area contributed by atoms with Gasteiger partial charge in [0.1, 0.15) is 11.7 Å². The molecule has 0 N–H and O–H groups in total. The first-order valence-corrected chi connectivity index (χ1v) is 8.28. The highest BCUT2D eigenvalue weighted by atomic mass is 16.5. The third-order valence-corrected chi connectivity index (χ3v) is 5.13. The van der Waals surface area contributed by atoms with E-state index in [1.807, 2.05) is 25.1 Å². The van der Waals surface area contributed by atoms with Gasteiger partial charge in [-0.15, -0.1) is 0 Å². The summed E-state index contributed by atoms with van der Waals surface area (Å²) in [5.74, 6) is -0.197. The molecule has 0 radical (unpaired) electrons. The number of hydrogen-bond acceptors (Lipinski definition) is 4. The Kier molecular flexibility index (Phi) is 2.77. The number of anilines is 1. The van der Waals surface area contributed by atoms with Crippen molar-refractivity contribution in [2.24, 2.45) is 0 Å². The number of cyclic esters (lactones) is 1. The number of benzene rings is 2. The maximum atomic E-state index is 12.0. The van der Waals surface area contributed by atoms with Crippen molar-refractivity contribution >= 4 is 22.6 Å². The molecule has 4 heteroatoms. The zero-order valence-corrected chi connectivity index (χ0v) is 13.4. The van der Waals surface area contributed by atoms with Gasteiger partial charge in [-0.05, 0) is 54.8 Å². The first-order valence-electron chi connectivity index (χ1n) is 8.28. The minimum absolute atomic E-state index is 0.126. The molecule has 1 atom stereocenters. The van der Waals surface area contributed by atoms with E-state index in [4.69, 9.17) is 9.15 Å². The molecule has 2 aliphatic heterocycles. The molecule has 0 spiro atoms. The van der Waals surface area contributed by atoms with Crippen molar-refractivity contribution in [1.29, 1.82) is 0 Å². The Morgan fingerprint density at radius 2 is 2.04 bits per heavy atom. The third kappa shape index (κ3) is 1.96. The fraction of sp³-hybridized carbons (Fsp3) is 0.250. The van der Waals surface area contributed by atoms with Crippen molar-refractivity contribution < 1.29 is 13.9 Å². The summed E-state index contributed by atoms with van der Waals surface area (Å²) in [4.78, 5) is 14.3. The number of carbonyl (C=O) groups excluding carboxylic acids is 1. The standard InChI is InChI=1S/C20H17NO3/c1-12-17-9-13-4-6-21(11-15(13)10-18(17)20(22)24-12)16-2-3-19-14(8-16)5-7-23-19/h2-3,5,7-10,12H,4,6,11H2,1H3. The molecule has 0 bridgehead atoms. The zero-order valence-electron chi connectivity index (χ0n) is 13.4. The summed E-state index contributed by atoms with van der Waals surface area (Å²) in [6, 6.07) is 12.5. The lowest BCUT2D eigenvalue weighted by atomic mass is 9.92. The first-order chi connectivity index (χ1) is 11.7. The van der Waals surface area contributed by atoms with Crippen LogP contribution in [0.1, 0.15) is 40.1 Å². The molecule has 1 aromatic heterocycles. The van der Waals surface area contributed by atoms with Gasteiger partial charge in [0.25, 0.3) is 0 Å². The molecular weight excluding hydrogens is 302 g/mol. The molecule has 2 aliphatic rings. The minimum Gasteiger partial charge on any atom is -0.464 e. The lowest BCUT2D eigenvalue weighted by Gasteiger charge is -2.31. The van der Waals surface area contributed by atoms with Crippen LogP contribution in [0.15, 0.2) is 47.1 Å². The Labute approximate surface area is 139 Å². The number of nitrogens with zero attached hydrogens (tertiary/aromatic N) is 1. The van der Waals surface area contributed by atoms with Crippen LogP contribution >= 0.6 is 0 Å². The summed E-state index contributed by atoms with van der Waals surface area (Å²) in [6.07, 6.45) is 2.57. The van der Waals surface area contributed by atoms with Crippen molar-refractivity contribution in [1.82, 2.24) is 0 Å². The van der Waals surface area contributed by atoms with Crippen LogP contribution in [0.25, 0.3) is 11.0 Å². The van der Waals surface area contributed by atoms with E-state index < -0.39 is 0 Å². The quantitative estimate of drug-likeness (QED) is 0.630. The smallest absolute Gasteiger partial charge is 0.339 e. The van der Waals surface area contributed by atoms with Crippen LogP contribution in [0.5, 0.6) is 0 Å². The van der Waals surface area contributed by atoms with E-state index in [1.54, 1.807) is 6.26 Å². The monoisotopic (exact) mass is 319 g/mol. The summed E-state index contributed by atoms with van der Waals surface area (Å²) in [5.41, 5.74) is 6.41. The van der Waals surface area contributed by atoms with Gasteiger partial charge in [-0.2, -0.15) is 0 Å². The van der Waals surface area contributed by atoms with Crippen LogP contribution in [0.2, 0.25) is 0 Å². The Balaban J connectivity index is 1.51. The second-order valence-electron chi connectivity index (χ2n) is 6.57. The maximum absolute atomic E-state index is 12.0. The topological polar surface area (TPSA) is 42.7 Å².